The Morgan fingerprint density at radius 3 is 2.59 bits per heavy atom. The third kappa shape index (κ3) is 6.71. The van der Waals surface area contributed by atoms with Gasteiger partial charge in [0.1, 0.15) is 0 Å². The number of hydrogen-bond donors (Lipinski definition) is 3. The summed E-state index contributed by atoms with van der Waals surface area (Å²) in [6.45, 7) is 5.22. The van der Waals surface area contributed by atoms with Crippen molar-refractivity contribution in [2.75, 3.05) is 48.9 Å². The number of carbonyl (C=O) groups is 2. The Bertz CT molecular complexity index is 929. The van der Waals surface area contributed by atoms with Crippen molar-refractivity contribution in [2.24, 2.45) is 5.92 Å². The Balaban J connectivity index is 1.76. The molecule has 1 heterocycles. The highest BCUT2D eigenvalue weighted by Crippen LogP contribution is 2.29. The Kier molecular flexibility index (Phi) is 8.93. The average molecular weight is 503 g/mol. The second-order valence-electron chi connectivity index (χ2n) is 8.06. The molecule has 172 valence electrons. The van der Waals surface area contributed by atoms with Crippen LogP contribution in [0.2, 0.25) is 0 Å². The summed E-state index contributed by atoms with van der Waals surface area (Å²) in [7, 11) is 1.64. The lowest BCUT2D eigenvalue weighted by Crippen LogP contribution is -2.35. The lowest BCUT2D eigenvalue weighted by molar-refractivity contribution is 0.0949. The first-order valence-electron chi connectivity index (χ1n) is 11.0. The molecule has 0 unspecified atom stereocenters. The quantitative estimate of drug-likeness (QED) is 0.438. The molecule has 0 aliphatic carbocycles. The number of amides is 3. The van der Waals surface area contributed by atoms with Gasteiger partial charge in [0.15, 0.2) is 0 Å². The van der Waals surface area contributed by atoms with Gasteiger partial charge in [0.05, 0.1) is 11.3 Å². The number of hydrogen-bond acceptors (Lipinski definition) is 4. The second-order valence-corrected chi connectivity index (χ2v) is 8.92. The number of piperidine rings is 1. The summed E-state index contributed by atoms with van der Waals surface area (Å²) >= 11 is 3.42. The van der Waals surface area contributed by atoms with E-state index >= 15 is 0 Å². The number of halogens is 1. The van der Waals surface area contributed by atoms with Gasteiger partial charge in [0, 0.05) is 49.2 Å². The monoisotopic (exact) mass is 502 g/mol. The predicted molar refractivity (Wildman–Crippen MR) is 133 cm³/mol. The van der Waals surface area contributed by atoms with Gasteiger partial charge in [-0.15, -0.1) is 0 Å². The summed E-state index contributed by atoms with van der Waals surface area (Å²) in [6.07, 6.45) is 2.94. The topological polar surface area (TPSA) is 82.7 Å². The summed E-state index contributed by atoms with van der Waals surface area (Å²) in [6, 6.07) is 12.5. The molecule has 3 amide bonds. The van der Waals surface area contributed by atoms with Gasteiger partial charge in [-0.1, -0.05) is 19.1 Å². The number of nitrogens with zero attached hydrogens (tertiary/aromatic N) is 1. The Morgan fingerprint density at radius 1 is 1.12 bits per heavy atom. The molecule has 0 saturated carbocycles. The highest BCUT2D eigenvalue weighted by atomic mass is 79.9. The summed E-state index contributed by atoms with van der Waals surface area (Å²) in [5.41, 5.74) is 2.69. The second kappa shape index (κ2) is 11.9. The maximum atomic E-state index is 13.0. The number of rotatable bonds is 8. The largest absolute Gasteiger partial charge is 0.385 e. The van der Waals surface area contributed by atoms with E-state index in [0.29, 0.717) is 36.0 Å². The van der Waals surface area contributed by atoms with Crippen LogP contribution in [0, 0.1) is 5.92 Å². The van der Waals surface area contributed by atoms with Gasteiger partial charge in [-0.25, -0.2) is 4.79 Å². The lowest BCUT2D eigenvalue weighted by atomic mass is 9.98. The van der Waals surface area contributed by atoms with E-state index in [1.807, 2.05) is 36.4 Å². The number of anilines is 3. The molecule has 2 aromatic rings. The fourth-order valence-electron chi connectivity index (χ4n) is 3.68. The minimum Gasteiger partial charge on any atom is -0.385 e. The Labute approximate surface area is 198 Å². The lowest BCUT2D eigenvalue weighted by Gasteiger charge is -2.33. The van der Waals surface area contributed by atoms with Crippen LogP contribution in [-0.4, -0.2) is 45.3 Å². The van der Waals surface area contributed by atoms with Crippen molar-refractivity contribution < 1.29 is 14.3 Å². The van der Waals surface area contributed by atoms with Gasteiger partial charge in [-0.3, -0.25) is 4.79 Å². The molecule has 0 atom stereocenters. The highest BCUT2D eigenvalue weighted by molar-refractivity contribution is 9.10. The number of benzene rings is 2. The molecule has 3 rings (SSSR count). The molecule has 2 aromatic carbocycles. The number of urea groups is 1. The van der Waals surface area contributed by atoms with Crippen LogP contribution in [0.5, 0.6) is 0 Å². The van der Waals surface area contributed by atoms with Crippen molar-refractivity contribution in [2.45, 2.75) is 26.2 Å². The number of ether oxygens (including phenoxy) is 1. The molecule has 7 nitrogen and oxygen atoms in total. The van der Waals surface area contributed by atoms with E-state index < -0.39 is 0 Å². The third-order valence-electron chi connectivity index (χ3n) is 5.56. The molecule has 1 saturated heterocycles. The fraction of sp³-hybridized carbons (Fsp3) is 0.417. The first kappa shape index (κ1) is 24.1. The molecular weight excluding hydrogens is 472 g/mol. The normalized spacial score (nSPS) is 14.2. The van der Waals surface area contributed by atoms with Gasteiger partial charge in [0.2, 0.25) is 0 Å². The van der Waals surface area contributed by atoms with E-state index in [4.69, 9.17) is 4.74 Å². The average Bonchev–Trinajstić information content (AvgIpc) is 2.79. The first-order valence-corrected chi connectivity index (χ1v) is 11.8. The van der Waals surface area contributed by atoms with Crippen molar-refractivity contribution in [1.29, 1.82) is 0 Å². The van der Waals surface area contributed by atoms with Crippen LogP contribution in [0.15, 0.2) is 46.9 Å². The number of nitrogens with one attached hydrogen (secondary N) is 3. The molecule has 32 heavy (non-hydrogen) atoms. The number of carbonyl (C=O) groups excluding carboxylic acids is 2. The molecule has 0 aromatic heterocycles. The van der Waals surface area contributed by atoms with Crippen molar-refractivity contribution in [3.63, 3.8) is 0 Å². The molecule has 0 spiro atoms. The highest BCUT2D eigenvalue weighted by Gasteiger charge is 2.22. The van der Waals surface area contributed by atoms with Gasteiger partial charge < -0.3 is 25.6 Å². The maximum Gasteiger partial charge on any atom is 0.323 e. The summed E-state index contributed by atoms with van der Waals surface area (Å²) in [5, 5.41) is 8.62. The van der Waals surface area contributed by atoms with Gasteiger partial charge in [0.25, 0.3) is 5.91 Å². The van der Waals surface area contributed by atoms with Crippen LogP contribution >= 0.6 is 15.9 Å². The Hall–Kier alpha value is -2.58. The third-order valence-corrected chi connectivity index (χ3v) is 6.25. The van der Waals surface area contributed by atoms with Crippen molar-refractivity contribution >= 4 is 44.9 Å². The first-order chi connectivity index (χ1) is 15.5. The predicted octanol–water partition coefficient (Wildman–Crippen LogP) is 5.10. The van der Waals surface area contributed by atoms with E-state index in [-0.39, 0.29) is 11.9 Å². The smallest absolute Gasteiger partial charge is 0.323 e. The van der Waals surface area contributed by atoms with E-state index in [0.717, 1.165) is 42.5 Å². The molecule has 0 bridgehead atoms. The molecular formula is C24H31BrN4O3. The van der Waals surface area contributed by atoms with Crippen LogP contribution in [0.1, 0.15) is 36.5 Å². The van der Waals surface area contributed by atoms with E-state index in [1.54, 1.807) is 13.2 Å². The summed E-state index contributed by atoms with van der Waals surface area (Å²) in [5.74, 6) is 0.545. The standard InChI is InChI=1S/C24H31BrN4O3/c1-17-10-13-29(14-11-17)22-9-8-18(16-19(22)23(30)26-12-5-15-32-2)27-24(31)28-21-7-4-3-6-20(21)25/h3-4,6-9,16-17H,5,10-15H2,1-2H3,(H,26,30)(H2,27,28,31). The molecule has 0 radical (unpaired) electrons. The molecule has 1 fully saturated rings. The van der Waals surface area contributed by atoms with Crippen LogP contribution in [-0.2, 0) is 4.74 Å². The zero-order chi connectivity index (χ0) is 22.9. The summed E-state index contributed by atoms with van der Waals surface area (Å²) < 4.78 is 5.85. The minimum atomic E-state index is -0.372. The fourth-order valence-corrected chi connectivity index (χ4v) is 4.07. The molecule has 3 N–H and O–H groups in total. The van der Waals surface area contributed by atoms with E-state index in [1.165, 1.54) is 0 Å². The molecule has 8 heteroatoms. The van der Waals surface area contributed by atoms with Crippen LogP contribution in [0.3, 0.4) is 0 Å². The maximum absolute atomic E-state index is 13.0. The van der Waals surface area contributed by atoms with Gasteiger partial charge in [-0.2, -0.15) is 0 Å². The van der Waals surface area contributed by atoms with Crippen molar-refractivity contribution in [1.82, 2.24) is 5.32 Å². The van der Waals surface area contributed by atoms with Crippen molar-refractivity contribution in [3.8, 4) is 0 Å². The molecule has 1 aliphatic heterocycles. The van der Waals surface area contributed by atoms with Crippen LogP contribution in [0.25, 0.3) is 0 Å². The summed E-state index contributed by atoms with van der Waals surface area (Å²) in [4.78, 5) is 27.8. The number of para-hydroxylation sites is 1. The molecule has 1 aliphatic rings. The zero-order valence-electron chi connectivity index (χ0n) is 18.6. The number of methoxy groups -OCH3 is 1. The van der Waals surface area contributed by atoms with Crippen LogP contribution < -0.4 is 20.9 Å². The zero-order valence-corrected chi connectivity index (χ0v) is 20.2. The SMILES string of the molecule is COCCCNC(=O)c1cc(NC(=O)Nc2ccccc2Br)ccc1N1CCC(C)CC1. The van der Waals surface area contributed by atoms with E-state index in [2.05, 4.69) is 43.7 Å². The Morgan fingerprint density at radius 2 is 1.88 bits per heavy atom. The minimum absolute atomic E-state index is 0.149. The van der Waals surface area contributed by atoms with Gasteiger partial charge in [-0.05, 0) is 71.4 Å². The van der Waals surface area contributed by atoms with E-state index in [9.17, 15) is 9.59 Å². The van der Waals surface area contributed by atoms with Gasteiger partial charge >= 0.3 is 6.03 Å². The van der Waals surface area contributed by atoms with Crippen LogP contribution in [0.4, 0.5) is 21.9 Å². The van der Waals surface area contributed by atoms with Crippen molar-refractivity contribution in [3.05, 3.63) is 52.5 Å².